The molecule has 10 heteroatoms. The van der Waals surface area contributed by atoms with E-state index in [1.165, 1.54) is 12.1 Å². The van der Waals surface area contributed by atoms with E-state index in [1.54, 1.807) is 12.1 Å². The van der Waals surface area contributed by atoms with E-state index in [-0.39, 0.29) is 35.1 Å². The normalized spacial score (nSPS) is 20.6. The highest BCUT2D eigenvalue weighted by Crippen LogP contribution is 2.23. The average Bonchev–Trinajstić information content (AvgIpc) is 3.51. The molecule has 2 aliphatic rings. The highest BCUT2D eigenvalue weighted by molar-refractivity contribution is 7.89. The maximum atomic E-state index is 12.9. The van der Waals surface area contributed by atoms with E-state index in [0.717, 1.165) is 37.5 Å². The Labute approximate surface area is 194 Å². The van der Waals surface area contributed by atoms with Gasteiger partial charge < -0.3 is 19.2 Å². The molecule has 2 fully saturated rings. The third-order valence-electron chi connectivity index (χ3n) is 5.96. The van der Waals surface area contributed by atoms with Crippen LogP contribution in [0, 0.1) is 6.92 Å². The molecule has 0 saturated carbocycles. The molecule has 33 heavy (non-hydrogen) atoms. The largest absolute Gasteiger partial charge is 0.465 e. The van der Waals surface area contributed by atoms with Crippen LogP contribution >= 0.6 is 0 Å². The summed E-state index contributed by atoms with van der Waals surface area (Å²) in [5, 5.41) is 2.94. The fraction of sp³-hybridized carbons (Fsp3) is 0.522. The Morgan fingerprint density at radius 2 is 2.00 bits per heavy atom. The Balaban J connectivity index is 1.41. The van der Waals surface area contributed by atoms with E-state index in [1.807, 2.05) is 19.1 Å². The quantitative estimate of drug-likeness (QED) is 0.567. The minimum atomic E-state index is -3.74. The van der Waals surface area contributed by atoms with Gasteiger partial charge in [-0.1, -0.05) is 6.07 Å². The van der Waals surface area contributed by atoms with Gasteiger partial charge in [-0.25, -0.2) is 13.1 Å². The summed E-state index contributed by atoms with van der Waals surface area (Å²) in [4.78, 5) is 15.2. The molecular formula is C23H31N3O6S. The van der Waals surface area contributed by atoms with Crippen LogP contribution in [0.2, 0.25) is 0 Å². The predicted molar refractivity (Wildman–Crippen MR) is 122 cm³/mol. The van der Waals surface area contributed by atoms with E-state index in [4.69, 9.17) is 13.9 Å². The zero-order valence-electron chi connectivity index (χ0n) is 18.8. The lowest BCUT2D eigenvalue weighted by Crippen LogP contribution is -2.43. The van der Waals surface area contributed by atoms with Gasteiger partial charge in [0, 0.05) is 38.3 Å². The van der Waals surface area contributed by atoms with E-state index in [0.29, 0.717) is 26.4 Å². The first-order chi connectivity index (χ1) is 15.9. The maximum absolute atomic E-state index is 12.9. The molecule has 0 spiro atoms. The highest BCUT2D eigenvalue weighted by atomic mass is 32.2. The second kappa shape index (κ2) is 10.8. The number of hydrogen-bond acceptors (Lipinski definition) is 7. The summed E-state index contributed by atoms with van der Waals surface area (Å²) < 4.78 is 44.7. The van der Waals surface area contributed by atoms with Gasteiger partial charge in [0.25, 0.3) is 5.91 Å². The smallest absolute Gasteiger partial charge is 0.251 e. The maximum Gasteiger partial charge on any atom is 0.251 e. The van der Waals surface area contributed by atoms with Gasteiger partial charge in [0.05, 0.1) is 30.3 Å². The molecule has 2 unspecified atom stereocenters. The molecule has 0 aliphatic carbocycles. The first-order valence-electron chi connectivity index (χ1n) is 11.3. The lowest BCUT2D eigenvalue weighted by atomic mass is 10.1. The van der Waals surface area contributed by atoms with Crippen LogP contribution in [0.5, 0.6) is 0 Å². The summed E-state index contributed by atoms with van der Waals surface area (Å²) in [5.41, 5.74) is 0.284. The van der Waals surface area contributed by atoms with E-state index in [9.17, 15) is 13.2 Å². The van der Waals surface area contributed by atoms with Crippen molar-refractivity contribution in [3.8, 4) is 0 Å². The van der Waals surface area contributed by atoms with Crippen LogP contribution in [0.1, 0.15) is 40.8 Å². The van der Waals surface area contributed by atoms with Crippen molar-refractivity contribution in [1.82, 2.24) is 14.9 Å². The summed E-state index contributed by atoms with van der Waals surface area (Å²) in [6.45, 7) is 5.84. The van der Waals surface area contributed by atoms with Gasteiger partial charge in [-0.3, -0.25) is 9.69 Å². The number of amides is 1. The van der Waals surface area contributed by atoms with Crippen LogP contribution in [-0.2, 0) is 19.5 Å². The number of morpholine rings is 1. The number of benzene rings is 1. The number of furan rings is 1. The molecule has 180 valence electrons. The minimum absolute atomic E-state index is 0.0551. The topological polar surface area (TPSA) is 110 Å². The van der Waals surface area contributed by atoms with Crippen LogP contribution in [0.3, 0.4) is 0 Å². The van der Waals surface area contributed by atoms with Gasteiger partial charge in [-0.2, -0.15) is 0 Å². The molecule has 3 heterocycles. The van der Waals surface area contributed by atoms with Crippen molar-refractivity contribution < 1.29 is 27.1 Å². The number of nitrogens with one attached hydrogen (secondary N) is 2. The van der Waals surface area contributed by atoms with Gasteiger partial charge in [0.15, 0.2) is 0 Å². The molecule has 1 aromatic carbocycles. The Morgan fingerprint density at radius 1 is 1.18 bits per heavy atom. The molecule has 0 radical (unpaired) electrons. The Bertz CT molecular complexity index is 1040. The Kier molecular flexibility index (Phi) is 7.82. The monoisotopic (exact) mass is 477 g/mol. The van der Waals surface area contributed by atoms with E-state index >= 15 is 0 Å². The van der Waals surface area contributed by atoms with Gasteiger partial charge in [0.2, 0.25) is 10.0 Å². The van der Waals surface area contributed by atoms with Gasteiger partial charge in [-0.15, -0.1) is 0 Å². The SMILES string of the molecule is Cc1ccc(C(CNC(=O)c2cccc(S(=O)(=O)NCC3CCCO3)c2)N2CCOCC2)o1. The second-order valence-corrected chi connectivity index (χ2v) is 10.1. The molecule has 2 aliphatic heterocycles. The number of carbonyl (C=O) groups excluding carboxylic acids is 1. The second-order valence-electron chi connectivity index (χ2n) is 8.34. The molecule has 2 atom stereocenters. The van der Waals surface area contributed by atoms with Crippen LogP contribution in [0.15, 0.2) is 45.7 Å². The fourth-order valence-corrected chi connectivity index (χ4v) is 5.23. The number of aryl methyl sites for hydroxylation is 1. The predicted octanol–water partition coefficient (Wildman–Crippen LogP) is 1.85. The zero-order chi connectivity index (χ0) is 23.3. The number of rotatable bonds is 9. The van der Waals surface area contributed by atoms with Crippen LogP contribution in [0.25, 0.3) is 0 Å². The van der Waals surface area contributed by atoms with Crippen molar-refractivity contribution in [2.45, 2.75) is 36.8 Å². The Morgan fingerprint density at radius 3 is 2.70 bits per heavy atom. The number of carbonyl (C=O) groups is 1. The summed E-state index contributed by atoms with van der Waals surface area (Å²) >= 11 is 0. The van der Waals surface area contributed by atoms with Crippen LogP contribution in [0.4, 0.5) is 0 Å². The molecule has 2 aromatic rings. The van der Waals surface area contributed by atoms with Crippen LogP contribution < -0.4 is 10.0 Å². The van der Waals surface area contributed by atoms with E-state index in [2.05, 4.69) is 14.9 Å². The summed E-state index contributed by atoms with van der Waals surface area (Å²) in [6.07, 6.45) is 1.67. The summed E-state index contributed by atoms with van der Waals surface area (Å²) in [7, 11) is -3.74. The van der Waals surface area contributed by atoms with Crippen molar-refractivity contribution in [2.24, 2.45) is 0 Å². The van der Waals surface area contributed by atoms with Gasteiger partial charge in [-0.05, 0) is 50.1 Å². The van der Waals surface area contributed by atoms with Crippen molar-refractivity contribution in [3.63, 3.8) is 0 Å². The van der Waals surface area contributed by atoms with Crippen molar-refractivity contribution in [1.29, 1.82) is 0 Å². The molecule has 1 aromatic heterocycles. The minimum Gasteiger partial charge on any atom is -0.465 e. The number of ether oxygens (including phenoxy) is 2. The number of hydrogen-bond donors (Lipinski definition) is 2. The molecule has 2 N–H and O–H groups in total. The molecule has 0 bridgehead atoms. The first-order valence-corrected chi connectivity index (χ1v) is 12.8. The first kappa shape index (κ1) is 23.9. The number of nitrogens with zero attached hydrogens (tertiary/aromatic N) is 1. The standard InChI is InChI=1S/C23H31N3O6S/c1-17-7-8-22(32-17)21(26-9-12-30-13-10-26)16-24-23(27)18-4-2-6-20(14-18)33(28,29)25-15-19-5-3-11-31-19/h2,4,6-8,14,19,21,25H,3,5,9-13,15-16H2,1H3,(H,24,27). The van der Waals surface area contributed by atoms with Crippen molar-refractivity contribution >= 4 is 15.9 Å². The molecule has 9 nitrogen and oxygen atoms in total. The molecular weight excluding hydrogens is 446 g/mol. The highest BCUT2D eigenvalue weighted by Gasteiger charge is 2.26. The molecule has 1 amide bonds. The number of sulfonamides is 1. The van der Waals surface area contributed by atoms with Crippen molar-refractivity contribution in [3.05, 3.63) is 53.5 Å². The summed E-state index contributed by atoms with van der Waals surface area (Å²) in [5.74, 6) is 1.25. The third kappa shape index (κ3) is 6.21. The van der Waals surface area contributed by atoms with E-state index < -0.39 is 10.0 Å². The van der Waals surface area contributed by atoms with Crippen LogP contribution in [-0.4, -0.2) is 71.3 Å². The Hall–Kier alpha value is -2.24. The lowest BCUT2D eigenvalue weighted by molar-refractivity contribution is 0.0117. The summed E-state index contributed by atoms with van der Waals surface area (Å²) in [6, 6.07) is 9.76. The fourth-order valence-electron chi connectivity index (χ4n) is 4.12. The van der Waals surface area contributed by atoms with Gasteiger partial charge in [0.1, 0.15) is 11.5 Å². The molecule has 2 saturated heterocycles. The van der Waals surface area contributed by atoms with Crippen molar-refractivity contribution in [2.75, 3.05) is 46.0 Å². The lowest BCUT2D eigenvalue weighted by Gasteiger charge is -2.33. The molecule has 4 rings (SSSR count). The third-order valence-corrected chi connectivity index (χ3v) is 7.38. The average molecular weight is 478 g/mol. The zero-order valence-corrected chi connectivity index (χ0v) is 19.6. The van der Waals surface area contributed by atoms with Gasteiger partial charge >= 0.3 is 0 Å².